The third kappa shape index (κ3) is 4.10. The van der Waals surface area contributed by atoms with Crippen LogP contribution in [0.15, 0.2) is 77.9 Å². The highest BCUT2D eigenvalue weighted by Gasteiger charge is 2.18. The lowest BCUT2D eigenvalue weighted by Crippen LogP contribution is -2.15. The lowest BCUT2D eigenvalue weighted by Gasteiger charge is -2.06. The van der Waals surface area contributed by atoms with Gasteiger partial charge in [0.25, 0.3) is 5.91 Å². The van der Waals surface area contributed by atoms with Gasteiger partial charge >= 0.3 is 0 Å². The molecule has 8 nitrogen and oxygen atoms in total. The number of Topliss-reactive ketones (excluding diaryl/α,β-unsaturated/α-hetero) is 1. The van der Waals surface area contributed by atoms with Gasteiger partial charge in [0.2, 0.25) is 5.95 Å². The minimum absolute atomic E-state index is 0.0806. The average Bonchev–Trinajstić information content (AvgIpc) is 3.53. The summed E-state index contributed by atoms with van der Waals surface area (Å²) in [4.78, 5) is 41.8. The molecule has 0 aliphatic carbocycles. The highest BCUT2D eigenvalue weighted by molar-refractivity contribution is 6.15. The van der Waals surface area contributed by atoms with Gasteiger partial charge in [-0.25, -0.2) is 9.97 Å². The number of amides is 1. The van der Waals surface area contributed by atoms with Gasteiger partial charge in [0, 0.05) is 35.9 Å². The topological polar surface area (TPSA) is 124 Å². The van der Waals surface area contributed by atoms with E-state index in [1.807, 2.05) is 12.1 Å². The lowest BCUT2D eigenvalue weighted by atomic mass is 10.0. The number of anilines is 1. The molecule has 0 spiro atoms. The number of benzene rings is 2. The van der Waals surface area contributed by atoms with Crippen molar-refractivity contribution in [3.05, 3.63) is 89.8 Å². The van der Waals surface area contributed by atoms with Crippen molar-refractivity contribution in [2.75, 3.05) is 5.32 Å². The van der Waals surface area contributed by atoms with Gasteiger partial charge < -0.3 is 4.98 Å². The number of para-hydroxylation sites is 1. The number of H-pyrrole nitrogens is 1. The number of hydrogen-bond donors (Lipinski definition) is 2. The first-order valence-electron chi connectivity index (χ1n) is 10.6. The average molecular weight is 446 g/mol. The van der Waals surface area contributed by atoms with E-state index < -0.39 is 5.91 Å². The van der Waals surface area contributed by atoms with Crippen molar-refractivity contribution in [1.82, 2.24) is 15.0 Å². The van der Waals surface area contributed by atoms with Gasteiger partial charge in [0.05, 0.1) is 22.8 Å². The number of allylic oxidation sites excluding steroid dienone is 1. The van der Waals surface area contributed by atoms with E-state index in [0.717, 1.165) is 5.71 Å². The standard InChI is InChI=1S/C26H18N6O2/c27-15-16-6-1-2-8-18(16)20-10-4-12-22(29-20)25(34)32-26-30-21-11-3-9-19(24(21)31-26)23(33)14-17-7-5-13-28-17/h1-6,8-13H,7,14H2,(H2,30,31,32,34). The van der Waals surface area contributed by atoms with Crippen LogP contribution in [0, 0.1) is 11.3 Å². The van der Waals surface area contributed by atoms with Gasteiger partial charge in [-0.1, -0.05) is 36.4 Å². The molecule has 1 aliphatic rings. The fraction of sp³-hybridized carbons (Fsp3) is 0.0769. The van der Waals surface area contributed by atoms with Gasteiger partial charge in [0.15, 0.2) is 5.78 Å². The number of ketones is 1. The molecule has 1 amide bonds. The van der Waals surface area contributed by atoms with Crippen molar-refractivity contribution in [3.8, 4) is 17.3 Å². The van der Waals surface area contributed by atoms with Crippen LogP contribution in [0.4, 0.5) is 5.95 Å². The van der Waals surface area contributed by atoms with E-state index in [9.17, 15) is 14.9 Å². The summed E-state index contributed by atoms with van der Waals surface area (Å²) in [7, 11) is 0. The Balaban J connectivity index is 1.39. The molecule has 0 saturated carbocycles. The Labute approximate surface area is 194 Å². The van der Waals surface area contributed by atoms with Gasteiger partial charge in [-0.2, -0.15) is 5.26 Å². The Morgan fingerprint density at radius 2 is 1.88 bits per heavy atom. The van der Waals surface area contributed by atoms with Crippen LogP contribution in [0.25, 0.3) is 22.3 Å². The van der Waals surface area contributed by atoms with E-state index in [-0.39, 0.29) is 23.8 Å². The molecular weight excluding hydrogens is 428 g/mol. The number of rotatable bonds is 6. The van der Waals surface area contributed by atoms with Gasteiger partial charge in [0.1, 0.15) is 11.2 Å². The van der Waals surface area contributed by atoms with Crippen LogP contribution in [0.5, 0.6) is 0 Å². The molecule has 0 radical (unpaired) electrons. The second kappa shape index (κ2) is 8.92. The van der Waals surface area contributed by atoms with Gasteiger partial charge in [-0.3, -0.25) is 19.9 Å². The first kappa shape index (κ1) is 21.0. The number of pyridine rings is 1. The Morgan fingerprint density at radius 1 is 1.03 bits per heavy atom. The molecule has 2 N–H and O–H groups in total. The number of hydrogen-bond acceptors (Lipinski definition) is 6. The van der Waals surface area contributed by atoms with Crippen molar-refractivity contribution in [3.63, 3.8) is 0 Å². The Bertz CT molecular complexity index is 1540. The van der Waals surface area contributed by atoms with Crippen LogP contribution in [0.3, 0.4) is 0 Å². The first-order chi connectivity index (χ1) is 16.6. The van der Waals surface area contributed by atoms with E-state index in [0.29, 0.717) is 39.8 Å². The van der Waals surface area contributed by atoms with Crippen molar-refractivity contribution < 1.29 is 9.59 Å². The summed E-state index contributed by atoms with van der Waals surface area (Å²) in [6.45, 7) is 0. The van der Waals surface area contributed by atoms with Crippen LogP contribution in [0.1, 0.15) is 39.3 Å². The third-order valence-electron chi connectivity index (χ3n) is 5.43. The maximum absolute atomic E-state index is 12.9. The number of aromatic amines is 1. The smallest absolute Gasteiger partial charge is 0.276 e. The molecule has 2 aromatic heterocycles. The Hall–Kier alpha value is -4.90. The molecular formula is C26H18N6O2. The molecule has 0 unspecified atom stereocenters. The molecule has 34 heavy (non-hydrogen) atoms. The molecule has 0 fully saturated rings. The summed E-state index contributed by atoms with van der Waals surface area (Å²) < 4.78 is 0. The predicted octanol–water partition coefficient (Wildman–Crippen LogP) is 4.68. The van der Waals surface area contributed by atoms with E-state index >= 15 is 0 Å². The number of aromatic nitrogens is 3. The third-order valence-corrected chi connectivity index (χ3v) is 5.43. The zero-order valence-corrected chi connectivity index (χ0v) is 17.9. The number of carbonyl (C=O) groups excluding carboxylic acids is 2. The van der Waals surface area contributed by atoms with Crippen molar-refractivity contribution in [2.45, 2.75) is 12.8 Å². The highest BCUT2D eigenvalue weighted by Crippen LogP contribution is 2.23. The summed E-state index contributed by atoms with van der Waals surface area (Å²) in [5.41, 5.74) is 4.22. The molecule has 4 aromatic rings. The quantitative estimate of drug-likeness (QED) is 0.416. The van der Waals surface area contributed by atoms with E-state index in [2.05, 4.69) is 31.3 Å². The van der Waals surface area contributed by atoms with Crippen molar-refractivity contribution in [1.29, 1.82) is 5.26 Å². The molecule has 1 aliphatic heterocycles. The van der Waals surface area contributed by atoms with Crippen LogP contribution in [-0.2, 0) is 0 Å². The van der Waals surface area contributed by atoms with Crippen LogP contribution < -0.4 is 5.32 Å². The summed E-state index contributed by atoms with van der Waals surface area (Å²) in [5, 5.41) is 12.1. The molecule has 2 aromatic carbocycles. The number of nitrogens with one attached hydrogen (secondary N) is 2. The normalized spacial score (nSPS) is 12.4. The first-order valence-corrected chi connectivity index (χ1v) is 10.6. The SMILES string of the molecule is N#Cc1ccccc1-c1cccc(C(=O)Nc2nc3c(C(=O)CC4=NC=CC4)cccc3[nH]2)n1. The molecule has 0 atom stereocenters. The molecule has 0 bridgehead atoms. The van der Waals surface area contributed by atoms with E-state index in [1.165, 1.54) is 0 Å². The summed E-state index contributed by atoms with van der Waals surface area (Å²) in [6.07, 6.45) is 4.51. The number of aliphatic imine (C=N–C) groups is 1. The Morgan fingerprint density at radius 3 is 2.71 bits per heavy atom. The number of nitrogens with zero attached hydrogens (tertiary/aromatic N) is 4. The molecule has 0 saturated heterocycles. The highest BCUT2D eigenvalue weighted by atomic mass is 16.2. The number of carbonyl (C=O) groups is 2. The molecule has 3 heterocycles. The van der Waals surface area contributed by atoms with Crippen LogP contribution >= 0.6 is 0 Å². The fourth-order valence-electron chi connectivity index (χ4n) is 3.80. The molecule has 8 heteroatoms. The number of fused-ring (bicyclic) bond motifs is 1. The van der Waals surface area contributed by atoms with E-state index in [1.54, 1.807) is 60.8 Å². The zero-order chi connectivity index (χ0) is 23.5. The van der Waals surface area contributed by atoms with Crippen LogP contribution in [-0.4, -0.2) is 32.4 Å². The van der Waals surface area contributed by atoms with Crippen molar-refractivity contribution >= 4 is 34.4 Å². The molecule has 164 valence electrons. The van der Waals surface area contributed by atoms with Crippen LogP contribution in [0.2, 0.25) is 0 Å². The van der Waals surface area contributed by atoms with Gasteiger partial charge in [-0.05, 0) is 30.3 Å². The van der Waals surface area contributed by atoms with E-state index in [4.69, 9.17) is 0 Å². The minimum atomic E-state index is -0.463. The second-order valence-corrected chi connectivity index (χ2v) is 7.69. The molecule has 5 rings (SSSR count). The largest absolute Gasteiger partial charge is 0.324 e. The number of imidazole rings is 1. The maximum atomic E-state index is 12.9. The summed E-state index contributed by atoms with van der Waals surface area (Å²) in [6, 6.07) is 19.5. The second-order valence-electron chi connectivity index (χ2n) is 7.69. The predicted molar refractivity (Wildman–Crippen MR) is 129 cm³/mol. The maximum Gasteiger partial charge on any atom is 0.276 e. The minimum Gasteiger partial charge on any atom is -0.324 e. The monoisotopic (exact) mass is 446 g/mol. The van der Waals surface area contributed by atoms with Gasteiger partial charge in [-0.15, -0.1) is 0 Å². The summed E-state index contributed by atoms with van der Waals surface area (Å²) in [5.74, 6) is -0.331. The Kier molecular flexibility index (Phi) is 5.50. The fourth-order valence-corrected chi connectivity index (χ4v) is 3.80. The number of nitriles is 1. The summed E-state index contributed by atoms with van der Waals surface area (Å²) >= 11 is 0. The zero-order valence-electron chi connectivity index (χ0n) is 17.9. The lowest BCUT2D eigenvalue weighted by molar-refractivity contribution is 0.0998. The van der Waals surface area contributed by atoms with Crippen molar-refractivity contribution in [2.24, 2.45) is 4.99 Å².